The molecule has 0 spiro atoms. The smallest absolute Gasteiger partial charge is 0.325 e. The van der Waals surface area contributed by atoms with Gasteiger partial charge in [0.15, 0.2) is 6.29 Å². The van der Waals surface area contributed by atoms with Gasteiger partial charge in [0.2, 0.25) is 5.91 Å². The summed E-state index contributed by atoms with van der Waals surface area (Å²) < 4.78 is 13.8. The van der Waals surface area contributed by atoms with E-state index < -0.39 is 5.82 Å². The zero-order valence-electron chi connectivity index (χ0n) is 22.6. The van der Waals surface area contributed by atoms with Crippen LogP contribution in [0.3, 0.4) is 0 Å². The van der Waals surface area contributed by atoms with Gasteiger partial charge < -0.3 is 15.1 Å². The number of aldehydes is 1. The minimum Gasteiger partial charge on any atom is -0.352 e. The number of thioether (sulfide) groups is 1. The molecular weight excluding hydrogens is 533 g/mol. The van der Waals surface area contributed by atoms with Crippen molar-refractivity contribution in [2.24, 2.45) is 0 Å². The van der Waals surface area contributed by atoms with Crippen molar-refractivity contribution < 1.29 is 23.6 Å². The summed E-state index contributed by atoms with van der Waals surface area (Å²) in [6.45, 7) is 0.456. The van der Waals surface area contributed by atoms with Gasteiger partial charge in [-0.25, -0.2) is 14.2 Å². The van der Waals surface area contributed by atoms with Gasteiger partial charge >= 0.3 is 6.03 Å². The van der Waals surface area contributed by atoms with Gasteiger partial charge in [0, 0.05) is 37.3 Å². The maximum atomic E-state index is 13.9. The molecule has 2 aliphatic heterocycles. The first kappa shape index (κ1) is 28.1. The second kappa shape index (κ2) is 12.4. The number of hydrogen-bond acceptors (Lipinski definition) is 6. The number of carbonyl (C=O) groups excluding carboxylic acids is 4. The lowest BCUT2D eigenvalue weighted by Gasteiger charge is -2.40. The zero-order valence-corrected chi connectivity index (χ0v) is 23.4. The third kappa shape index (κ3) is 5.99. The molecule has 11 heteroatoms. The SMILES string of the molecule is CN(C(=O)N(c1ncc(F)cc1C=O)C1CCSCC1)[C@H]1CC[C@@H](NC(=O)CN2Cc3ccccc3C2=O)CC1. The molecule has 1 aromatic heterocycles. The van der Waals surface area contributed by atoms with Crippen LogP contribution in [-0.4, -0.2) is 82.1 Å². The molecule has 0 unspecified atom stereocenters. The lowest BCUT2D eigenvalue weighted by molar-refractivity contribution is -0.122. The number of amides is 4. The normalized spacial score (nSPS) is 21.1. The predicted octanol–water partition coefficient (Wildman–Crippen LogP) is 3.87. The highest BCUT2D eigenvalue weighted by atomic mass is 32.2. The van der Waals surface area contributed by atoms with Crippen LogP contribution in [0.2, 0.25) is 0 Å². The van der Waals surface area contributed by atoms with Crippen LogP contribution in [0.15, 0.2) is 36.5 Å². The highest BCUT2D eigenvalue weighted by Crippen LogP contribution is 2.31. The molecule has 5 rings (SSSR count). The van der Waals surface area contributed by atoms with Gasteiger partial charge in [0.1, 0.15) is 18.2 Å². The zero-order chi connectivity index (χ0) is 28.2. The van der Waals surface area contributed by atoms with Crippen LogP contribution >= 0.6 is 11.8 Å². The maximum Gasteiger partial charge on any atom is 0.325 e. The minimum absolute atomic E-state index is 0.0181. The quantitative estimate of drug-likeness (QED) is 0.510. The van der Waals surface area contributed by atoms with E-state index >= 15 is 0 Å². The number of benzene rings is 1. The standard InChI is InChI=1S/C29H34FN5O4S/c1-33(29(39)35(24-10-12-40-13-11-24)27-20(18-36)14-21(30)15-31-27)23-8-6-22(7-9-23)32-26(37)17-34-16-19-4-2-3-5-25(19)28(34)38/h2-5,14-15,18,22-24H,6-13,16-17H2,1H3,(H,32,37)/t22-,23+. The fourth-order valence-corrected chi connectivity index (χ4v) is 7.00. The number of urea groups is 1. The summed E-state index contributed by atoms with van der Waals surface area (Å²) in [5, 5.41) is 3.07. The van der Waals surface area contributed by atoms with Gasteiger partial charge in [-0.3, -0.25) is 19.3 Å². The van der Waals surface area contributed by atoms with Crippen molar-refractivity contribution in [3.63, 3.8) is 0 Å². The van der Waals surface area contributed by atoms with Gasteiger partial charge in [0.25, 0.3) is 5.91 Å². The van der Waals surface area contributed by atoms with E-state index in [-0.39, 0.29) is 53.9 Å². The molecular formula is C29H34FN5O4S. The number of rotatable bonds is 7. The average Bonchev–Trinajstić information content (AvgIpc) is 3.29. The second-order valence-electron chi connectivity index (χ2n) is 10.7. The minimum atomic E-state index is -0.621. The van der Waals surface area contributed by atoms with Gasteiger partial charge in [0.05, 0.1) is 11.8 Å². The number of anilines is 1. The van der Waals surface area contributed by atoms with Crippen LogP contribution in [0.1, 0.15) is 64.8 Å². The molecule has 1 aliphatic carbocycles. The van der Waals surface area contributed by atoms with Crippen LogP contribution < -0.4 is 10.2 Å². The van der Waals surface area contributed by atoms with Gasteiger partial charge in [-0.05, 0) is 67.7 Å². The molecule has 2 fully saturated rings. The second-order valence-corrected chi connectivity index (χ2v) is 11.9. The molecule has 3 aliphatic rings. The molecule has 1 saturated carbocycles. The van der Waals surface area contributed by atoms with Crippen molar-refractivity contribution >= 4 is 41.7 Å². The molecule has 3 heterocycles. The number of nitrogens with zero attached hydrogens (tertiary/aromatic N) is 4. The monoisotopic (exact) mass is 567 g/mol. The summed E-state index contributed by atoms with van der Waals surface area (Å²) >= 11 is 1.83. The van der Waals surface area contributed by atoms with E-state index in [1.165, 1.54) is 0 Å². The Bertz CT molecular complexity index is 1280. The molecule has 0 radical (unpaired) electrons. The van der Waals surface area contributed by atoms with Crippen molar-refractivity contribution in [2.75, 3.05) is 30.0 Å². The van der Waals surface area contributed by atoms with Crippen molar-refractivity contribution in [1.29, 1.82) is 0 Å². The molecule has 0 atom stereocenters. The van der Waals surface area contributed by atoms with Crippen molar-refractivity contribution in [3.8, 4) is 0 Å². The summed E-state index contributed by atoms with van der Waals surface area (Å²) in [4.78, 5) is 60.0. The van der Waals surface area contributed by atoms with Crippen LogP contribution in [0.4, 0.5) is 15.0 Å². The lowest BCUT2D eigenvalue weighted by atomic mass is 9.90. The van der Waals surface area contributed by atoms with Crippen LogP contribution in [-0.2, 0) is 11.3 Å². The Morgan fingerprint density at radius 2 is 1.85 bits per heavy atom. The Morgan fingerprint density at radius 3 is 2.55 bits per heavy atom. The van der Waals surface area contributed by atoms with E-state index in [2.05, 4.69) is 10.3 Å². The summed E-state index contributed by atoms with van der Waals surface area (Å²) in [7, 11) is 1.76. The molecule has 40 heavy (non-hydrogen) atoms. The summed E-state index contributed by atoms with van der Waals surface area (Å²) in [5.74, 6) is 1.07. The molecule has 212 valence electrons. The number of halogens is 1. The number of fused-ring (bicyclic) bond motifs is 1. The van der Waals surface area contributed by atoms with Crippen molar-refractivity contribution in [3.05, 3.63) is 59.0 Å². The first-order valence-electron chi connectivity index (χ1n) is 13.8. The van der Waals surface area contributed by atoms with Gasteiger partial charge in [-0.2, -0.15) is 11.8 Å². The van der Waals surface area contributed by atoms with E-state index in [0.29, 0.717) is 44.1 Å². The summed E-state index contributed by atoms with van der Waals surface area (Å²) in [5.41, 5.74) is 1.65. The first-order chi connectivity index (χ1) is 19.4. The number of aromatic nitrogens is 1. The summed E-state index contributed by atoms with van der Waals surface area (Å²) in [6, 6.07) is 8.08. The van der Waals surface area contributed by atoms with E-state index in [9.17, 15) is 23.6 Å². The average molecular weight is 568 g/mol. The Morgan fingerprint density at radius 1 is 1.12 bits per heavy atom. The van der Waals surface area contributed by atoms with Crippen molar-refractivity contribution in [1.82, 2.24) is 20.1 Å². The predicted molar refractivity (Wildman–Crippen MR) is 151 cm³/mol. The fourth-order valence-electron chi connectivity index (χ4n) is 5.92. The van der Waals surface area contributed by atoms with Gasteiger partial charge in [-0.15, -0.1) is 0 Å². The third-order valence-corrected chi connectivity index (χ3v) is 9.17. The highest BCUT2D eigenvalue weighted by Gasteiger charge is 2.36. The molecule has 9 nitrogen and oxygen atoms in total. The number of nitrogens with one attached hydrogen (secondary N) is 1. The van der Waals surface area contributed by atoms with Gasteiger partial charge in [-0.1, -0.05) is 18.2 Å². The van der Waals surface area contributed by atoms with Crippen LogP contribution in [0.5, 0.6) is 0 Å². The molecule has 4 amide bonds. The number of carbonyl (C=O) groups is 4. The lowest BCUT2D eigenvalue weighted by Crippen LogP contribution is -2.53. The molecule has 1 aromatic carbocycles. The molecule has 0 bridgehead atoms. The topological polar surface area (TPSA) is 103 Å². The van der Waals surface area contributed by atoms with E-state index in [1.807, 2.05) is 30.0 Å². The third-order valence-electron chi connectivity index (χ3n) is 8.12. The number of hydrogen-bond donors (Lipinski definition) is 1. The van der Waals surface area contributed by atoms with E-state index in [4.69, 9.17) is 0 Å². The van der Waals surface area contributed by atoms with Crippen LogP contribution in [0, 0.1) is 5.82 Å². The first-order valence-corrected chi connectivity index (χ1v) is 14.9. The Labute approximate surface area is 237 Å². The Kier molecular flexibility index (Phi) is 8.68. The number of pyridine rings is 1. The molecule has 2 aromatic rings. The molecule has 1 N–H and O–H groups in total. The van der Waals surface area contributed by atoms with E-state index in [1.54, 1.807) is 27.8 Å². The summed E-state index contributed by atoms with van der Waals surface area (Å²) in [6.07, 6.45) is 5.94. The maximum absolute atomic E-state index is 13.9. The van der Waals surface area contributed by atoms with Crippen LogP contribution in [0.25, 0.3) is 0 Å². The Balaban J connectivity index is 1.18. The fraction of sp³-hybridized carbons (Fsp3) is 0.483. The van der Waals surface area contributed by atoms with E-state index in [0.717, 1.165) is 42.2 Å². The highest BCUT2D eigenvalue weighted by molar-refractivity contribution is 7.99. The van der Waals surface area contributed by atoms with Crippen molar-refractivity contribution in [2.45, 2.75) is 63.2 Å². The molecule has 1 saturated heterocycles. The Hall–Kier alpha value is -3.47. The largest absolute Gasteiger partial charge is 0.352 e.